The molecule has 0 atom stereocenters. The van der Waals surface area contributed by atoms with Crippen LogP contribution in [0, 0.1) is 0 Å². The Labute approximate surface area is 111 Å². The van der Waals surface area contributed by atoms with Crippen molar-refractivity contribution in [2.45, 2.75) is 71.1 Å². The number of thiocarbonyl (C=S) groups is 1. The lowest BCUT2D eigenvalue weighted by Gasteiger charge is -2.03. The van der Waals surface area contributed by atoms with Crippen molar-refractivity contribution in [2.24, 2.45) is 5.73 Å². The van der Waals surface area contributed by atoms with Crippen molar-refractivity contribution in [2.75, 3.05) is 0 Å². The molecule has 0 saturated heterocycles. The number of carbonyl (C=O) groups is 1. The summed E-state index contributed by atoms with van der Waals surface area (Å²) in [6.07, 6.45) is 11.8. The second kappa shape index (κ2) is 11.8. The van der Waals surface area contributed by atoms with Crippen molar-refractivity contribution in [3.63, 3.8) is 0 Å². The van der Waals surface area contributed by atoms with Crippen molar-refractivity contribution in [1.29, 1.82) is 0 Å². The lowest BCUT2D eigenvalue weighted by atomic mass is 10.1. The molecule has 3 N–H and O–H groups in total. The molecule has 0 fully saturated rings. The average Bonchev–Trinajstić information content (AvgIpc) is 2.26. The molecule has 0 spiro atoms. The average molecular weight is 258 g/mol. The van der Waals surface area contributed by atoms with Gasteiger partial charge in [-0.25, -0.2) is 0 Å². The van der Waals surface area contributed by atoms with Gasteiger partial charge in [0.05, 0.1) is 0 Å². The van der Waals surface area contributed by atoms with E-state index in [-0.39, 0.29) is 11.0 Å². The summed E-state index contributed by atoms with van der Waals surface area (Å²) in [5, 5.41) is 2.51. The minimum atomic E-state index is -0.0551. The van der Waals surface area contributed by atoms with Crippen molar-refractivity contribution >= 4 is 23.2 Å². The SMILES string of the molecule is CCCCCCCCCCCC(=O)NC(N)=S. The zero-order valence-corrected chi connectivity index (χ0v) is 11.8. The van der Waals surface area contributed by atoms with E-state index >= 15 is 0 Å². The molecule has 0 radical (unpaired) electrons. The first-order valence-corrected chi connectivity index (χ1v) is 7.17. The minimum Gasteiger partial charge on any atom is -0.376 e. The Hall–Kier alpha value is -0.640. The highest BCUT2D eigenvalue weighted by molar-refractivity contribution is 7.80. The van der Waals surface area contributed by atoms with Gasteiger partial charge in [0.1, 0.15) is 0 Å². The first-order chi connectivity index (χ1) is 8.16. The highest BCUT2D eigenvalue weighted by Crippen LogP contribution is 2.10. The van der Waals surface area contributed by atoms with E-state index in [1.807, 2.05) is 0 Å². The van der Waals surface area contributed by atoms with E-state index in [2.05, 4.69) is 24.5 Å². The van der Waals surface area contributed by atoms with Gasteiger partial charge < -0.3 is 11.1 Å². The van der Waals surface area contributed by atoms with E-state index in [9.17, 15) is 4.79 Å². The largest absolute Gasteiger partial charge is 0.376 e. The molecule has 0 aliphatic carbocycles. The number of carbonyl (C=O) groups excluding carboxylic acids is 1. The molecule has 3 nitrogen and oxygen atoms in total. The Morgan fingerprint density at radius 1 is 1.00 bits per heavy atom. The molecular weight excluding hydrogens is 232 g/mol. The van der Waals surface area contributed by atoms with Crippen molar-refractivity contribution < 1.29 is 4.79 Å². The zero-order valence-electron chi connectivity index (χ0n) is 11.0. The first kappa shape index (κ1) is 16.4. The molecule has 0 saturated carbocycles. The Morgan fingerprint density at radius 3 is 1.94 bits per heavy atom. The molecule has 0 aromatic heterocycles. The van der Waals surface area contributed by atoms with Gasteiger partial charge in [0.25, 0.3) is 0 Å². The van der Waals surface area contributed by atoms with E-state index in [0.29, 0.717) is 6.42 Å². The van der Waals surface area contributed by atoms with Crippen LogP contribution in [-0.4, -0.2) is 11.0 Å². The molecule has 17 heavy (non-hydrogen) atoms. The maximum atomic E-state index is 11.2. The third-order valence-corrected chi connectivity index (χ3v) is 2.87. The van der Waals surface area contributed by atoms with Gasteiger partial charge in [-0.1, -0.05) is 58.3 Å². The fourth-order valence-corrected chi connectivity index (χ4v) is 1.91. The van der Waals surface area contributed by atoms with Gasteiger partial charge in [0, 0.05) is 6.42 Å². The predicted octanol–water partition coefficient (Wildman–Crippen LogP) is 3.27. The van der Waals surface area contributed by atoms with E-state index in [4.69, 9.17) is 5.73 Å². The summed E-state index contributed by atoms with van der Waals surface area (Å²) >= 11 is 4.59. The smallest absolute Gasteiger partial charge is 0.226 e. The maximum Gasteiger partial charge on any atom is 0.226 e. The predicted molar refractivity (Wildman–Crippen MR) is 76.8 cm³/mol. The summed E-state index contributed by atoms with van der Waals surface area (Å²) in [4.78, 5) is 11.2. The summed E-state index contributed by atoms with van der Waals surface area (Å²) in [7, 11) is 0. The Kier molecular flexibility index (Phi) is 11.4. The van der Waals surface area contributed by atoms with Crippen LogP contribution in [0.5, 0.6) is 0 Å². The van der Waals surface area contributed by atoms with E-state index in [0.717, 1.165) is 12.8 Å². The van der Waals surface area contributed by atoms with Crippen LogP contribution in [0.2, 0.25) is 0 Å². The van der Waals surface area contributed by atoms with Crippen LogP contribution in [0.4, 0.5) is 0 Å². The van der Waals surface area contributed by atoms with Crippen LogP contribution in [0.15, 0.2) is 0 Å². The molecule has 0 heterocycles. The van der Waals surface area contributed by atoms with Gasteiger partial charge in [-0.3, -0.25) is 4.79 Å². The summed E-state index contributed by atoms with van der Waals surface area (Å²) in [5.41, 5.74) is 5.20. The standard InChI is InChI=1S/C13H26N2OS/c1-2-3-4-5-6-7-8-9-10-11-12(16)15-13(14)17/h2-11H2,1H3,(H3,14,15,16,17). The topological polar surface area (TPSA) is 55.1 Å². The van der Waals surface area contributed by atoms with Crippen LogP contribution in [0.3, 0.4) is 0 Å². The molecule has 0 aromatic carbocycles. The Bertz CT molecular complexity index is 219. The maximum absolute atomic E-state index is 11.2. The lowest BCUT2D eigenvalue weighted by Crippen LogP contribution is -2.34. The zero-order chi connectivity index (χ0) is 12.9. The summed E-state index contributed by atoms with van der Waals surface area (Å²) in [5.74, 6) is -0.0551. The second-order valence-corrected chi connectivity index (χ2v) is 4.93. The Morgan fingerprint density at radius 2 is 1.47 bits per heavy atom. The summed E-state index contributed by atoms with van der Waals surface area (Å²) < 4.78 is 0. The Balaban J connectivity index is 3.13. The number of hydrogen-bond donors (Lipinski definition) is 2. The molecule has 1 amide bonds. The molecule has 0 aliphatic heterocycles. The second-order valence-electron chi connectivity index (χ2n) is 4.49. The number of nitrogens with one attached hydrogen (secondary N) is 1. The molecule has 0 unspecified atom stereocenters. The number of amides is 1. The summed E-state index contributed by atoms with van der Waals surface area (Å²) in [6, 6.07) is 0. The third-order valence-electron chi connectivity index (χ3n) is 2.77. The van der Waals surface area contributed by atoms with Gasteiger partial charge in [-0.15, -0.1) is 0 Å². The quantitative estimate of drug-likeness (QED) is 0.467. The van der Waals surface area contributed by atoms with Crippen LogP contribution >= 0.6 is 12.2 Å². The highest BCUT2D eigenvalue weighted by atomic mass is 32.1. The monoisotopic (exact) mass is 258 g/mol. The number of unbranched alkanes of at least 4 members (excludes halogenated alkanes) is 8. The van der Waals surface area contributed by atoms with Crippen molar-refractivity contribution in [3.8, 4) is 0 Å². The lowest BCUT2D eigenvalue weighted by molar-refractivity contribution is -0.119. The van der Waals surface area contributed by atoms with Gasteiger partial charge in [0.15, 0.2) is 5.11 Å². The molecule has 0 aromatic rings. The van der Waals surface area contributed by atoms with Gasteiger partial charge in [0.2, 0.25) is 5.91 Å². The fraction of sp³-hybridized carbons (Fsp3) is 0.846. The van der Waals surface area contributed by atoms with Crippen molar-refractivity contribution in [1.82, 2.24) is 5.32 Å². The highest BCUT2D eigenvalue weighted by Gasteiger charge is 2.01. The third kappa shape index (κ3) is 13.3. The normalized spacial score (nSPS) is 10.2. The molecule has 0 bridgehead atoms. The number of nitrogens with two attached hydrogens (primary N) is 1. The van der Waals surface area contributed by atoms with E-state index in [1.54, 1.807) is 0 Å². The van der Waals surface area contributed by atoms with Gasteiger partial charge in [-0.2, -0.15) is 0 Å². The molecule has 100 valence electrons. The van der Waals surface area contributed by atoms with Gasteiger partial charge >= 0.3 is 0 Å². The molecule has 4 heteroatoms. The van der Waals surface area contributed by atoms with E-state index < -0.39 is 0 Å². The molecule has 0 rings (SSSR count). The number of hydrogen-bond acceptors (Lipinski definition) is 2. The molecular formula is C13H26N2OS. The first-order valence-electron chi connectivity index (χ1n) is 6.76. The van der Waals surface area contributed by atoms with Crippen LogP contribution in [0.25, 0.3) is 0 Å². The molecule has 0 aliphatic rings. The van der Waals surface area contributed by atoms with Crippen LogP contribution in [0.1, 0.15) is 71.1 Å². The van der Waals surface area contributed by atoms with Crippen molar-refractivity contribution in [3.05, 3.63) is 0 Å². The van der Waals surface area contributed by atoms with Crippen LogP contribution < -0.4 is 11.1 Å². The fourth-order valence-electron chi connectivity index (χ4n) is 1.80. The minimum absolute atomic E-state index is 0.0551. The summed E-state index contributed by atoms with van der Waals surface area (Å²) in [6.45, 7) is 2.23. The van der Waals surface area contributed by atoms with Gasteiger partial charge in [-0.05, 0) is 18.6 Å². The van der Waals surface area contributed by atoms with Crippen LogP contribution in [-0.2, 0) is 4.79 Å². The number of rotatable bonds is 10. The van der Waals surface area contributed by atoms with E-state index in [1.165, 1.54) is 44.9 Å².